The Balaban J connectivity index is 1.33. The van der Waals surface area contributed by atoms with Gasteiger partial charge in [-0.25, -0.2) is 13.1 Å². The Morgan fingerprint density at radius 2 is 1.92 bits per heavy atom. The molecule has 3 heterocycles. The number of fused-ring (bicyclic) bond motifs is 1. The Hall–Kier alpha value is -3.38. The van der Waals surface area contributed by atoms with Crippen LogP contribution in [-0.4, -0.2) is 54.3 Å². The van der Waals surface area contributed by atoms with E-state index in [1.165, 1.54) is 6.20 Å². The molecule has 39 heavy (non-hydrogen) atoms. The smallest absolute Gasteiger partial charge is 0.243 e. The lowest BCUT2D eigenvalue weighted by molar-refractivity contribution is -0.0431. The molecule has 204 valence electrons. The molecule has 0 spiro atoms. The maximum atomic E-state index is 13.7. The van der Waals surface area contributed by atoms with E-state index in [9.17, 15) is 18.6 Å². The van der Waals surface area contributed by atoms with Gasteiger partial charge in [-0.15, -0.1) is 5.10 Å². The first-order valence-electron chi connectivity index (χ1n) is 13.2. The molecule has 4 aromatic rings. The first-order chi connectivity index (χ1) is 18.8. The van der Waals surface area contributed by atoms with Crippen molar-refractivity contribution in [2.75, 3.05) is 6.54 Å². The zero-order valence-electron chi connectivity index (χ0n) is 21.9. The summed E-state index contributed by atoms with van der Waals surface area (Å²) in [6, 6.07) is 14.9. The van der Waals surface area contributed by atoms with Crippen molar-refractivity contribution >= 4 is 10.0 Å². The minimum absolute atomic E-state index is 0.0115. The number of hydrogen-bond donors (Lipinski definition) is 2. The highest BCUT2D eigenvalue weighted by Gasteiger charge is 2.45. The molecular formula is C28H32N6O4S. The highest BCUT2D eigenvalue weighted by atomic mass is 32.2. The monoisotopic (exact) mass is 548 g/mol. The summed E-state index contributed by atoms with van der Waals surface area (Å²) in [7, 11) is -1.84. The Bertz CT molecular complexity index is 1610. The highest BCUT2D eigenvalue weighted by molar-refractivity contribution is 7.89. The molecule has 0 amide bonds. The normalized spacial score (nSPS) is 22.5. The van der Waals surface area contributed by atoms with Crippen LogP contribution in [0.15, 0.2) is 65.8 Å². The number of aliphatic hydroxyl groups excluding tert-OH is 1. The highest BCUT2D eigenvalue weighted by Crippen LogP contribution is 2.55. The molecule has 0 unspecified atom stereocenters. The van der Waals surface area contributed by atoms with Crippen LogP contribution in [-0.2, 0) is 30.0 Å². The molecule has 11 heteroatoms. The molecule has 6 rings (SSSR count). The molecule has 10 nitrogen and oxygen atoms in total. The summed E-state index contributed by atoms with van der Waals surface area (Å²) >= 11 is 0. The summed E-state index contributed by atoms with van der Waals surface area (Å²) in [5.41, 5.74) is 4.38. The predicted octanol–water partition coefficient (Wildman–Crippen LogP) is 3.03. The van der Waals surface area contributed by atoms with E-state index in [0.29, 0.717) is 17.0 Å². The lowest BCUT2D eigenvalue weighted by atomic mass is 9.97. The summed E-state index contributed by atoms with van der Waals surface area (Å²) in [5.74, 6) is 0.353. The number of rotatable bonds is 7. The molecule has 0 saturated heterocycles. The van der Waals surface area contributed by atoms with Gasteiger partial charge in [0.05, 0.1) is 28.2 Å². The van der Waals surface area contributed by atoms with Gasteiger partial charge in [-0.3, -0.25) is 4.68 Å². The van der Waals surface area contributed by atoms with Gasteiger partial charge < -0.3 is 10.2 Å². The van der Waals surface area contributed by atoms with Gasteiger partial charge in [0.2, 0.25) is 10.0 Å². The summed E-state index contributed by atoms with van der Waals surface area (Å²) in [6.45, 7) is 2.79. The van der Waals surface area contributed by atoms with Crippen LogP contribution in [0.5, 0.6) is 0 Å². The summed E-state index contributed by atoms with van der Waals surface area (Å²) in [4.78, 5) is 0.386. The minimum Gasteiger partial charge on any atom is -0.364 e. The molecule has 0 radical (unpaired) electrons. The number of sulfonamides is 1. The Labute approximate surface area is 227 Å². The number of benzene rings is 2. The quantitative estimate of drug-likeness (QED) is 0.340. The van der Waals surface area contributed by atoms with Crippen molar-refractivity contribution in [3.05, 3.63) is 89.0 Å². The van der Waals surface area contributed by atoms with Gasteiger partial charge in [0.15, 0.2) is 6.29 Å². The third-order valence-corrected chi connectivity index (χ3v) is 9.82. The van der Waals surface area contributed by atoms with E-state index < -0.39 is 16.3 Å². The first-order valence-corrected chi connectivity index (χ1v) is 14.7. The third kappa shape index (κ3) is 4.80. The Morgan fingerprint density at radius 1 is 1.10 bits per heavy atom. The number of nitrogens with zero attached hydrogens (tertiary/aromatic N) is 6. The van der Waals surface area contributed by atoms with Crippen LogP contribution >= 0.6 is 0 Å². The summed E-state index contributed by atoms with van der Waals surface area (Å²) in [5, 5.41) is 33.0. The zero-order chi connectivity index (χ0) is 27.3. The maximum absolute atomic E-state index is 13.7. The van der Waals surface area contributed by atoms with Crippen molar-refractivity contribution in [1.82, 2.24) is 29.1 Å². The first kappa shape index (κ1) is 25.9. The van der Waals surface area contributed by atoms with Crippen molar-refractivity contribution in [1.29, 1.82) is 0 Å². The van der Waals surface area contributed by atoms with Crippen molar-refractivity contribution < 1.29 is 18.6 Å². The molecule has 0 bridgehead atoms. The standard InChI is InChI=1S/C28H32N6O4S/c1-3-18-11-20-8-4-5-10-26(20)39(37,38)33(15-18)16-19-7-6-9-21(12-19)34-27(24(14-29-34)28(35)36)23-13-22(23)25-17-32(2)31-30-25/h4-10,12,14,17-18,22-23,28,35-36H,3,11,13,15-16H2,1-2H3/t18-,22+,23+/m0/s1. The van der Waals surface area contributed by atoms with Gasteiger partial charge in [0.1, 0.15) is 0 Å². The van der Waals surface area contributed by atoms with Gasteiger partial charge in [-0.2, -0.15) is 9.40 Å². The minimum atomic E-state index is -3.66. The van der Waals surface area contributed by atoms with E-state index in [2.05, 4.69) is 22.3 Å². The summed E-state index contributed by atoms with van der Waals surface area (Å²) in [6.07, 6.45) is 4.13. The predicted molar refractivity (Wildman–Crippen MR) is 143 cm³/mol. The van der Waals surface area contributed by atoms with Crippen molar-refractivity contribution in [3.63, 3.8) is 0 Å². The van der Waals surface area contributed by atoms with Crippen molar-refractivity contribution in [3.8, 4) is 5.69 Å². The molecule has 3 atom stereocenters. The zero-order valence-corrected chi connectivity index (χ0v) is 22.7. The molecule has 2 N–H and O–H groups in total. The lowest BCUT2D eigenvalue weighted by Crippen LogP contribution is -2.33. The molecule has 1 fully saturated rings. The SMILES string of the molecule is CC[C@H]1Cc2ccccc2S(=O)(=O)N(Cc2cccc(-n3ncc(C(O)O)c3[C@@H]3C[C@H]3c3cn(C)nn3)c2)C1. The van der Waals surface area contributed by atoms with Crippen LogP contribution in [0.25, 0.3) is 5.69 Å². The number of aliphatic hydroxyl groups is 2. The van der Waals surface area contributed by atoms with E-state index in [1.807, 2.05) is 49.6 Å². The van der Waals surface area contributed by atoms with Crippen LogP contribution < -0.4 is 0 Å². The number of aryl methyl sites for hydroxylation is 1. The molecule has 2 aromatic carbocycles. The fraction of sp³-hybridized carbons (Fsp3) is 0.393. The average Bonchev–Trinajstić information content (AvgIpc) is 3.40. The van der Waals surface area contributed by atoms with Gasteiger partial charge >= 0.3 is 0 Å². The van der Waals surface area contributed by atoms with Gasteiger partial charge in [-0.05, 0) is 48.1 Å². The molecule has 2 aliphatic rings. The molecule has 2 aromatic heterocycles. The average molecular weight is 549 g/mol. The second kappa shape index (κ2) is 9.98. The van der Waals surface area contributed by atoms with Crippen LogP contribution in [0, 0.1) is 5.92 Å². The third-order valence-electron chi connectivity index (χ3n) is 7.91. The molecular weight excluding hydrogens is 516 g/mol. The van der Waals surface area contributed by atoms with E-state index >= 15 is 0 Å². The lowest BCUT2D eigenvalue weighted by Gasteiger charge is -2.23. The van der Waals surface area contributed by atoms with Crippen LogP contribution in [0.2, 0.25) is 0 Å². The van der Waals surface area contributed by atoms with Gasteiger partial charge in [0, 0.05) is 43.7 Å². The maximum Gasteiger partial charge on any atom is 0.243 e. The second-order valence-corrected chi connectivity index (χ2v) is 12.5. The van der Waals surface area contributed by atoms with Crippen molar-refractivity contribution in [2.45, 2.75) is 55.8 Å². The topological polar surface area (TPSA) is 126 Å². The molecule has 1 aliphatic heterocycles. The van der Waals surface area contributed by atoms with Crippen LogP contribution in [0.1, 0.15) is 66.0 Å². The number of hydrogen-bond acceptors (Lipinski definition) is 7. The Morgan fingerprint density at radius 3 is 2.67 bits per heavy atom. The van der Waals surface area contributed by atoms with Crippen molar-refractivity contribution in [2.24, 2.45) is 13.0 Å². The number of aromatic nitrogens is 5. The van der Waals surface area contributed by atoms with Crippen LogP contribution in [0.3, 0.4) is 0 Å². The Kier molecular flexibility index (Phi) is 6.62. The van der Waals surface area contributed by atoms with E-state index in [4.69, 9.17) is 0 Å². The largest absolute Gasteiger partial charge is 0.364 e. The summed E-state index contributed by atoms with van der Waals surface area (Å²) < 4.78 is 32.4. The second-order valence-electron chi connectivity index (χ2n) is 10.6. The van der Waals surface area contributed by atoms with Crippen LogP contribution in [0.4, 0.5) is 0 Å². The molecule has 1 saturated carbocycles. The van der Waals surface area contributed by atoms with Gasteiger partial charge in [0.25, 0.3) is 0 Å². The fourth-order valence-electron chi connectivity index (χ4n) is 5.74. The van der Waals surface area contributed by atoms with E-state index in [1.54, 1.807) is 25.8 Å². The van der Waals surface area contributed by atoms with E-state index in [-0.39, 0.29) is 24.3 Å². The van der Waals surface area contributed by atoms with Gasteiger partial charge in [-0.1, -0.05) is 48.9 Å². The molecule has 1 aliphatic carbocycles. The fourth-order valence-corrected chi connectivity index (χ4v) is 7.48. The van der Waals surface area contributed by atoms with E-state index in [0.717, 1.165) is 47.5 Å².